The van der Waals surface area contributed by atoms with E-state index in [2.05, 4.69) is 0 Å². The van der Waals surface area contributed by atoms with Crippen molar-refractivity contribution in [1.29, 1.82) is 21.0 Å². The molecule has 0 aliphatic heterocycles. The minimum absolute atomic E-state index is 0.0195. The van der Waals surface area contributed by atoms with Crippen LogP contribution < -0.4 is 0 Å². The van der Waals surface area contributed by atoms with Gasteiger partial charge in [-0.1, -0.05) is 24.3 Å². The summed E-state index contributed by atoms with van der Waals surface area (Å²) in [6.07, 6.45) is 0. The zero-order valence-corrected chi connectivity index (χ0v) is 24.0. The lowest BCUT2D eigenvalue weighted by Crippen LogP contribution is -1.93. The van der Waals surface area contributed by atoms with Crippen LogP contribution in [0.3, 0.4) is 0 Å². The molecule has 5 aromatic carbocycles. The molecule has 0 bridgehead atoms. The monoisotopic (exact) mass is 638 g/mol. The first-order valence-electron chi connectivity index (χ1n) is 14.0. The average Bonchev–Trinajstić information content (AvgIpc) is 3.57. The van der Waals surface area contributed by atoms with Crippen LogP contribution in [0.4, 0.5) is 26.3 Å². The predicted molar refractivity (Wildman–Crippen MR) is 162 cm³/mol. The molecular formula is C38H12F6N4. The third kappa shape index (κ3) is 4.29. The van der Waals surface area contributed by atoms with Crippen molar-refractivity contribution in [2.75, 3.05) is 0 Å². The Balaban J connectivity index is 1.48. The average molecular weight is 639 g/mol. The number of allylic oxidation sites excluding steroid dienone is 2. The summed E-state index contributed by atoms with van der Waals surface area (Å²) < 4.78 is 83.8. The van der Waals surface area contributed by atoms with Crippen LogP contribution >= 0.6 is 0 Å². The summed E-state index contributed by atoms with van der Waals surface area (Å²) in [7, 11) is 0. The summed E-state index contributed by atoms with van der Waals surface area (Å²) in [5, 5.41) is 39.7. The molecule has 10 heteroatoms. The molecule has 0 atom stereocenters. The second-order valence-corrected chi connectivity index (χ2v) is 10.9. The molecule has 2 aliphatic rings. The first-order valence-corrected chi connectivity index (χ1v) is 14.0. The lowest BCUT2D eigenvalue weighted by atomic mass is 9.92. The van der Waals surface area contributed by atoms with Gasteiger partial charge in [-0.25, -0.2) is 26.3 Å². The van der Waals surface area contributed by atoms with Crippen molar-refractivity contribution in [3.63, 3.8) is 0 Å². The van der Waals surface area contributed by atoms with Gasteiger partial charge < -0.3 is 0 Å². The van der Waals surface area contributed by atoms with E-state index in [4.69, 9.17) is 0 Å². The summed E-state index contributed by atoms with van der Waals surface area (Å²) in [6, 6.07) is 23.7. The van der Waals surface area contributed by atoms with E-state index in [1.54, 1.807) is 36.4 Å². The highest BCUT2D eigenvalue weighted by Crippen LogP contribution is 2.54. The molecule has 2 aliphatic carbocycles. The normalized spacial score (nSPS) is 11.8. The van der Waals surface area contributed by atoms with Crippen LogP contribution in [0.15, 0.2) is 83.9 Å². The lowest BCUT2D eigenvalue weighted by molar-refractivity contribution is 0.447. The topological polar surface area (TPSA) is 95.2 Å². The Kier molecular flexibility index (Phi) is 6.76. The highest BCUT2D eigenvalue weighted by molar-refractivity contribution is 6.11. The molecule has 0 radical (unpaired) electrons. The molecule has 0 amide bonds. The van der Waals surface area contributed by atoms with Crippen LogP contribution in [0.25, 0.3) is 55.7 Å². The Bertz CT molecular complexity index is 2320. The molecule has 226 valence electrons. The molecule has 0 saturated carbocycles. The van der Waals surface area contributed by atoms with Gasteiger partial charge >= 0.3 is 0 Å². The van der Waals surface area contributed by atoms with E-state index in [1.807, 2.05) is 24.3 Å². The Labute approximate surface area is 268 Å². The Morgan fingerprint density at radius 3 is 1.00 bits per heavy atom. The fourth-order valence-electron chi connectivity index (χ4n) is 6.34. The summed E-state index contributed by atoms with van der Waals surface area (Å²) in [5.74, 6) is -8.81. The number of nitrogens with zero attached hydrogens (tertiary/aromatic N) is 4. The summed E-state index contributed by atoms with van der Waals surface area (Å²) >= 11 is 0. The maximum Gasteiger partial charge on any atom is 0.194 e. The first kappa shape index (κ1) is 29.8. The smallest absolute Gasteiger partial charge is 0.194 e. The van der Waals surface area contributed by atoms with E-state index in [1.165, 1.54) is 12.1 Å². The standard InChI is InChI=1S/C38H12F6N4/c39-31-7-19(8-32(40)37(31)43)17-1-3-23-25-11-26-24-4-2-18(20-9-33(41)38(44)34(42)10-20)6-28(24)36(22(15-47)16-48)30(26)12-29(25)35(27(23)5-17)21(13-45)14-46/h1-12H. The molecule has 0 fully saturated rings. The molecule has 7 rings (SSSR count). The Morgan fingerprint density at radius 1 is 0.354 bits per heavy atom. The van der Waals surface area contributed by atoms with E-state index >= 15 is 0 Å². The van der Waals surface area contributed by atoms with Crippen molar-refractivity contribution in [3.8, 4) is 68.8 Å². The van der Waals surface area contributed by atoms with Crippen LogP contribution in [-0.4, -0.2) is 0 Å². The van der Waals surface area contributed by atoms with Gasteiger partial charge in [-0.3, -0.25) is 0 Å². The molecule has 0 N–H and O–H groups in total. The quantitative estimate of drug-likeness (QED) is 0.107. The maximum atomic E-state index is 14.1. The van der Waals surface area contributed by atoms with E-state index < -0.39 is 34.9 Å². The van der Waals surface area contributed by atoms with Gasteiger partial charge in [0.25, 0.3) is 0 Å². The summed E-state index contributed by atoms with van der Waals surface area (Å²) in [5.41, 5.74) is 4.26. The van der Waals surface area contributed by atoms with Crippen LogP contribution in [0.2, 0.25) is 0 Å². The van der Waals surface area contributed by atoms with E-state index in [0.717, 1.165) is 24.3 Å². The fraction of sp³-hybridized carbons (Fsp3) is 0. The molecule has 0 saturated heterocycles. The van der Waals surface area contributed by atoms with Gasteiger partial charge in [-0.15, -0.1) is 0 Å². The summed E-state index contributed by atoms with van der Waals surface area (Å²) in [6.45, 7) is 0. The van der Waals surface area contributed by atoms with Gasteiger partial charge in [0.15, 0.2) is 34.9 Å². The molecule has 48 heavy (non-hydrogen) atoms. The van der Waals surface area contributed by atoms with Crippen molar-refractivity contribution < 1.29 is 26.3 Å². The summed E-state index contributed by atoms with van der Waals surface area (Å²) in [4.78, 5) is 0. The van der Waals surface area contributed by atoms with Gasteiger partial charge in [0.2, 0.25) is 0 Å². The van der Waals surface area contributed by atoms with E-state index in [9.17, 15) is 47.4 Å². The fourth-order valence-corrected chi connectivity index (χ4v) is 6.34. The van der Waals surface area contributed by atoms with Gasteiger partial charge in [-0.05, 0) is 115 Å². The zero-order valence-electron chi connectivity index (χ0n) is 24.0. The third-order valence-corrected chi connectivity index (χ3v) is 8.44. The van der Waals surface area contributed by atoms with Crippen LogP contribution in [0.5, 0.6) is 0 Å². The number of hydrogen-bond donors (Lipinski definition) is 0. The van der Waals surface area contributed by atoms with Crippen LogP contribution in [-0.2, 0) is 0 Å². The Hall–Kier alpha value is -6.88. The lowest BCUT2D eigenvalue weighted by Gasteiger charge is -2.09. The molecule has 4 nitrogen and oxygen atoms in total. The van der Waals surface area contributed by atoms with Crippen molar-refractivity contribution in [2.45, 2.75) is 0 Å². The second kappa shape index (κ2) is 10.9. The highest BCUT2D eigenvalue weighted by atomic mass is 19.2. The number of nitriles is 4. The molecule has 0 spiro atoms. The maximum absolute atomic E-state index is 14.1. The van der Waals surface area contributed by atoms with Gasteiger partial charge in [0.1, 0.15) is 35.4 Å². The molecular weight excluding hydrogens is 626 g/mol. The SMILES string of the molecule is N#CC(C#N)=C1c2cc(-c3cc(F)c(F)c(F)c3)ccc2-c2cc3c(cc21)C(=C(C#N)C#N)c1cc(-c2cc(F)c(F)c(F)c2)ccc1-3. The first-order chi connectivity index (χ1) is 23.1. The molecule has 0 heterocycles. The van der Waals surface area contributed by atoms with Crippen LogP contribution in [0.1, 0.15) is 22.3 Å². The number of hydrogen-bond acceptors (Lipinski definition) is 4. The third-order valence-electron chi connectivity index (χ3n) is 8.44. The number of fused-ring (bicyclic) bond motifs is 6. The van der Waals surface area contributed by atoms with Crippen molar-refractivity contribution >= 4 is 11.1 Å². The zero-order chi connectivity index (χ0) is 34.0. The van der Waals surface area contributed by atoms with Gasteiger partial charge in [0.05, 0.1) is 0 Å². The van der Waals surface area contributed by atoms with E-state index in [-0.39, 0.29) is 44.5 Å². The molecule has 0 aromatic heterocycles. The minimum atomic E-state index is -1.62. The van der Waals surface area contributed by atoms with Crippen molar-refractivity contribution in [1.82, 2.24) is 0 Å². The van der Waals surface area contributed by atoms with Gasteiger partial charge in [-0.2, -0.15) is 21.0 Å². The Morgan fingerprint density at radius 2 is 0.667 bits per heavy atom. The molecule has 0 unspecified atom stereocenters. The number of benzene rings is 5. The molecule has 5 aromatic rings. The largest absolute Gasteiger partial charge is 0.204 e. The number of halogens is 6. The highest BCUT2D eigenvalue weighted by Gasteiger charge is 2.34. The second-order valence-electron chi connectivity index (χ2n) is 10.9. The van der Waals surface area contributed by atoms with Crippen molar-refractivity contribution in [3.05, 3.63) is 141 Å². The predicted octanol–water partition coefficient (Wildman–Crippen LogP) is 9.51. The van der Waals surface area contributed by atoms with Crippen molar-refractivity contribution in [2.24, 2.45) is 0 Å². The van der Waals surface area contributed by atoms with Gasteiger partial charge in [0, 0.05) is 11.1 Å². The number of rotatable bonds is 2. The minimum Gasteiger partial charge on any atom is -0.204 e. The van der Waals surface area contributed by atoms with Crippen LogP contribution in [0, 0.1) is 80.2 Å². The van der Waals surface area contributed by atoms with E-state index in [0.29, 0.717) is 44.5 Å².